The van der Waals surface area contributed by atoms with Crippen molar-refractivity contribution in [1.82, 2.24) is 4.98 Å². The molecule has 1 aromatic heterocycles. The van der Waals surface area contributed by atoms with E-state index in [1.165, 1.54) is 0 Å². The molecule has 0 aliphatic heterocycles. The van der Waals surface area contributed by atoms with Crippen LogP contribution in [0.2, 0.25) is 0 Å². The molecule has 1 aromatic carbocycles. The lowest BCUT2D eigenvalue weighted by Crippen LogP contribution is -1.98. The van der Waals surface area contributed by atoms with Crippen molar-refractivity contribution < 1.29 is 14.3 Å². The van der Waals surface area contributed by atoms with Gasteiger partial charge in [0.05, 0.1) is 26.0 Å². The molecule has 0 amide bonds. The van der Waals surface area contributed by atoms with Crippen LogP contribution in [0.1, 0.15) is 16.8 Å². The topological polar surface area (TPSA) is 48.4 Å². The molecule has 0 spiro atoms. The summed E-state index contributed by atoms with van der Waals surface area (Å²) in [5.41, 5.74) is 2.87. The van der Waals surface area contributed by atoms with Gasteiger partial charge in [-0.25, -0.2) is 0 Å². The molecule has 0 aliphatic carbocycles. The number of rotatable bonds is 7. The molecular formula is C16H17NO3. The summed E-state index contributed by atoms with van der Waals surface area (Å²) in [4.78, 5) is 14.7. The van der Waals surface area contributed by atoms with E-state index in [0.29, 0.717) is 19.6 Å². The molecular weight excluding hydrogens is 254 g/mol. The van der Waals surface area contributed by atoms with Gasteiger partial charge >= 0.3 is 0 Å². The molecule has 0 saturated heterocycles. The first-order valence-electron chi connectivity index (χ1n) is 6.40. The monoisotopic (exact) mass is 271 g/mol. The van der Waals surface area contributed by atoms with Crippen molar-refractivity contribution in [1.29, 1.82) is 0 Å². The van der Waals surface area contributed by atoms with Gasteiger partial charge in [0.25, 0.3) is 0 Å². The molecule has 0 fully saturated rings. The normalized spacial score (nSPS) is 10.2. The van der Waals surface area contributed by atoms with E-state index < -0.39 is 0 Å². The Morgan fingerprint density at radius 2 is 1.90 bits per heavy atom. The number of pyridine rings is 1. The van der Waals surface area contributed by atoms with Gasteiger partial charge in [-0.2, -0.15) is 0 Å². The molecule has 0 bridgehead atoms. The van der Waals surface area contributed by atoms with Crippen molar-refractivity contribution in [3.8, 4) is 5.75 Å². The highest BCUT2D eigenvalue weighted by atomic mass is 16.5. The maximum Gasteiger partial charge on any atom is 0.124 e. The predicted octanol–water partition coefficient (Wildman–Crippen LogP) is 2.55. The third kappa shape index (κ3) is 4.17. The smallest absolute Gasteiger partial charge is 0.124 e. The highest BCUT2D eigenvalue weighted by Crippen LogP contribution is 2.12. The quantitative estimate of drug-likeness (QED) is 0.726. The molecule has 0 unspecified atom stereocenters. The maximum absolute atomic E-state index is 10.5. The summed E-state index contributed by atoms with van der Waals surface area (Å²) in [7, 11) is 1.64. The van der Waals surface area contributed by atoms with Crippen LogP contribution in [0.25, 0.3) is 0 Å². The second-order valence-electron chi connectivity index (χ2n) is 4.37. The van der Waals surface area contributed by atoms with Crippen LogP contribution in [0, 0.1) is 0 Å². The van der Waals surface area contributed by atoms with Crippen LogP contribution in [0.4, 0.5) is 0 Å². The average molecular weight is 271 g/mol. The largest absolute Gasteiger partial charge is 0.497 e. The SMILES string of the molecule is COc1ccc(COCc2cc(CC=O)ccn2)cc1. The number of nitrogens with zero attached hydrogens (tertiary/aromatic N) is 1. The first-order chi connectivity index (χ1) is 9.81. The Hall–Kier alpha value is -2.20. The van der Waals surface area contributed by atoms with Gasteiger partial charge in [-0.3, -0.25) is 4.98 Å². The molecule has 2 rings (SSSR count). The van der Waals surface area contributed by atoms with E-state index in [1.807, 2.05) is 36.4 Å². The van der Waals surface area contributed by atoms with Crippen LogP contribution in [0.3, 0.4) is 0 Å². The maximum atomic E-state index is 10.5. The Morgan fingerprint density at radius 3 is 2.60 bits per heavy atom. The molecule has 0 N–H and O–H groups in total. The number of benzene rings is 1. The van der Waals surface area contributed by atoms with Crippen molar-refractivity contribution >= 4 is 6.29 Å². The highest BCUT2D eigenvalue weighted by Gasteiger charge is 1.99. The number of carbonyl (C=O) groups excluding carboxylic acids is 1. The summed E-state index contributed by atoms with van der Waals surface area (Å²) >= 11 is 0. The Labute approximate surface area is 118 Å². The summed E-state index contributed by atoms with van der Waals surface area (Å²) in [6.45, 7) is 0.947. The summed E-state index contributed by atoms with van der Waals surface area (Å²) in [6, 6.07) is 11.5. The van der Waals surface area contributed by atoms with Gasteiger partial charge in [0.1, 0.15) is 12.0 Å². The number of carbonyl (C=O) groups is 1. The Morgan fingerprint density at radius 1 is 1.10 bits per heavy atom. The number of methoxy groups -OCH3 is 1. The highest BCUT2D eigenvalue weighted by molar-refractivity contribution is 5.54. The van der Waals surface area contributed by atoms with Crippen LogP contribution in [-0.2, 0) is 29.2 Å². The van der Waals surface area contributed by atoms with Gasteiger partial charge in [-0.05, 0) is 35.4 Å². The zero-order valence-electron chi connectivity index (χ0n) is 11.4. The van der Waals surface area contributed by atoms with Crippen molar-refractivity contribution in [3.05, 3.63) is 59.4 Å². The number of hydrogen-bond donors (Lipinski definition) is 0. The Balaban J connectivity index is 1.85. The Bertz CT molecular complexity index is 552. The molecule has 4 heteroatoms. The van der Waals surface area contributed by atoms with Crippen LogP contribution < -0.4 is 4.74 Å². The fourth-order valence-electron chi connectivity index (χ4n) is 1.83. The van der Waals surface area contributed by atoms with Crippen LogP contribution >= 0.6 is 0 Å². The van der Waals surface area contributed by atoms with Gasteiger partial charge < -0.3 is 14.3 Å². The van der Waals surface area contributed by atoms with Crippen LogP contribution in [0.5, 0.6) is 5.75 Å². The molecule has 104 valence electrons. The number of aromatic nitrogens is 1. The van der Waals surface area contributed by atoms with Crippen molar-refractivity contribution in [2.45, 2.75) is 19.6 Å². The molecule has 0 saturated carbocycles. The lowest BCUT2D eigenvalue weighted by Gasteiger charge is -2.06. The predicted molar refractivity (Wildman–Crippen MR) is 75.5 cm³/mol. The van der Waals surface area contributed by atoms with Gasteiger partial charge in [0.2, 0.25) is 0 Å². The summed E-state index contributed by atoms with van der Waals surface area (Å²) in [6.07, 6.45) is 3.00. The van der Waals surface area contributed by atoms with Gasteiger partial charge in [0, 0.05) is 12.6 Å². The zero-order valence-corrected chi connectivity index (χ0v) is 11.4. The van der Waals surface area contributed by atoms with Crippen LogP contribution in [-0.4, -0.2) is 18.4 Å². The van der Waals surface area contributed by atoms with E-state index in [-0.39, 0.29) is 0 Å². The molecule has 0 aliphatic rings. The lowest BCUT2D eigenvalue weighted by atomic mass is 10.2. The molecule has 20 heavy (non-hydrogen) atoms. The van der Waals surface area contributed by atoms with Gasteiger partial charge in [0.15, 0.2) is 0 Å². The van der Waals surface area contributed by atoms with E-state index in [9.17, 15) is 4.79 Å². The molecule has 0 atom stereocenters. The molecule has 2 aromatic rings. The van der Waals surface area contributed by atoms with E-state index in [2.05, 4.69) is 4.98 Å². The van der Waals surface area contributed by atoms with Crippen molar-refractivity contribution in [2.75, 3.05) is 7.11 Å². The number of aldehydes is 1. The average Bonchev–Trinajstić information content (AvgIpc) is 2.49. The second kappa shape index (κ2) is 7.40. The summed E-state index contributed by atoms with van der Waals surface area (Å²) in [5.74, 6) is 0.831. The summed E-state index contributed by atoms with van der Waals surface area (Å²) in [5, 5.41) is 0. The minimum Gasteiger partial charge on any atom is -0.497 e. The van der Waals surface area contributed by atoms with E-state index in [0.717, 1.165) is 28.9 Å². The van der Waals surface area contributed by atoms with Gasteiger partial charge in [-0.1, -0.05) is 12.1 Å². The number of hydrogen-bond acceptors (Lipinski definition) is 4. The second-order valence-corrected chi connectivity index (χ2v) is 4.37. The standard InChI is InChI=1S/C16H17NO3/c1-19-16-4-2-14(3-5-16)11-20-12-15-10-13(7-9-18)6-8-17-15/h2-6,8-10H,7,11-12H2,1H3. The van der Waals surface area contributed by atoms with Crippen molar-refractivity contribution in [2.24, 2.45) is 0 Å². The Kier molecular flexibility index (Phi) is 5.26. The fraction of sp³-hybridized carbons (Fsp3) is 0.250. The number of ether oxygens (including phenoxy) is 2. The van der Waals surface area contributed by atoms with E-state index in [4.69, 9.17) is 9.47 Å². The lowest BCUT2D eigenvalue weighted by molar-refractivity contribution is -0.107. The van der Waals surface area contributed by atoms with Crippen molar-refractivity contribution in [3.63, 3.8) is 0 Å². The fourth-order valence-corrected chi connectivity index (χ4v) is 1.83. The first kappa shape index (κ1) is 14.2. The molecule has 0 radical (unpaired) electrons. The zero-order chi connectivity index (χ0) is 14.2. The molecule has 1 heterocycles. The third-order valence-electron chi connectivity index (χ3n) is 2.88. The minimum absolute atomic E-state index is 0.411. The first-order valence-corrected chi connectivity index (χ1v) is 6.40. The summed E-state index contributed by atoms with van der Waals surface area (Å²) < 4.78 is 10.7. The van der Waals surface area contributed by atoms with E-state index >= 15 is 0 Å². The van der Waals surface area contributed by atoms with Crippen LogP contribution in [0.15, 0.2) is 42.6 Å². The molecule has 4 nitrogen and oxygen atoms in total. The van der Waals surface area contributed by atoms with E-state index in [1.54, 1.807) is 13.3 Å². The third-order valence-corrected chi connectivity index (χ3v) is 2.88. The minimum atomic E-state index is 0.411. The van der Waals surface area contributed by atoms with Gasteiger partial charge in [-0.15, -0.1) is 0 Å².